The molecule has 166 valence electrons. The molecule has 33 heavy (non-hydrogen) atoms. The highest BCUT2D eigenvalue weighted by atomic mass is 16.5. The fourth-order valence-electron chi connectivity index (χ4n) is 4.20. The summed E-state index contributed by atoms with van der Waals surface area (Å²) >= 11 is 0. The fourth-order valence-corrected chi connectivity index (χ4v) is 4.20. The Kier molecular flexibility index (Phi) is 5.30. The van der Waals surface area contributed by atoms with E-state index in [4.69, 9.17) is 9.15 Å². The third-order valence-corrected chi connectivity index (χ3v) is 5.84. The van der Waals surface area contributed by atoms with Gasteiger partial charge in [0, 0.05) is 34.0 Å². The summed E-state index contributed by atoms with van der Waals surface area (Å²) in [6.07, 6.45) is 0.742. The fraction of sp³-hybridized carbons (Fsp3) is 0.192. The summed E-state index contributed by atoms with van der Waals surface area (Å²) in [5.41, 5.74) is 4.36. The van der Waals surface area contributed by atoms with Crippen LogP contribution in [-0.2, 0) is 16.1 Å². The molecule has 0 aliphatic heterocycles. The molecule has 3 aromatic carbocycles. The maximum absolute atomic E-state index is 12.9. The third-order valence-electron chi connectivity index (χ3n) is 5.84. The lowest BCUT2D eigenvalue weighted by atomic mass is 10.1. The van der Waals surface area contributed by atoms with Gasteiger partial charge in [-0.1, -0.05) is 25.1 Å². The number of fused-ring (bicyclic) bond motifs is 4. The number of hydrogen-bond donors (Lipinski definition) is 1. The molecule has 0 radical (unpaired) electrons. The number of carbonyl (C=O) groups is 2. The summed E-state index contributed by atoms with van der Waals surface area (Å²) in [5.74, 6) is -0.957. The third kappa shape index (κ3) is 3.71. The summed E-state index contributed by atoms with van der Waals surface area (Å²) in [5, 5.41) is 5.10. The smallest absolute Gasteiger partial charge is 0.339 e. The highest BCUT2D eigenvalue weighted by molar-refractivity contribution is 6.10. The van der Waals surface area contributed by atoms with Gasteiger partial charge in [0.05, 0.1) is 5.56 Å². The minimum absolute atomic E-state index is 0.305. The van der Waals surface area contributed by atoms with Crippen LogP contribution in [0.5, 0.6) is 0 Å². The molecule has 5 aromatic rings. The van der Waals surface area contributed by atoms with Crippen LogP contribution in [0.15, 0.2) is 71.5 Å². The number of amides is 1. The van der Waals surface area contributed by atoms with Gasteiger partial charge in [-0.05, 0) is 55.8 Å². The Morgan fingerprint density at radius 2 is 1.85 bits per heavy atom. The number of oxazole rings is 1. The number of para-hydroxylation sites is 1. The molecular formula is C26H23N3O4. The number of hydrogen-bond acceptors (Lipinski definition) is 5. The number of aryl methyl sites for hydroxylation is 1. The standard InChI is InChI=1S/C26H23N3O4/c1-3-23(33-26(31)16-9-11-20-24(13-16)32-15-27-20)25(30)28-17-10-12-22-19(14-17)18-7-5-6-8-21(18)29(22)4-2/h5-15,23H,3-4H2,1-2H3,(H,28,30). The molecule has 0 saturated heterocycles. The molecule has 0 bridgehead atoms. The highest BCUT2D eigenvalue weighted by Gasteiger charge is 2.23. The second kappa shape index (κ2) is 8.43. The van der Waals surface area contributed by atoms with Crippen LogP contribution in [0.4, 0.5) is 5.69 Å². The summed E-state index contributed by atoms with van der Waals surface area (Å²) in [4.78, 5) is 29.6. The van der Waals surface area contributed by atoms with Crippen molar-refractivity contribution in [1.82, 2.24) is 9.55 Å². The lowest BCUT2D eigenvalue weighted by Gasteiger charge is -2.16. The number of carbonyl (C=O) groups excluding carboxylic acids is 2. The monoisotopic (exact) mass is 441 g/mol. The van der Waals surface area contributed by atoms with Gasteiger partial charge in [-0.15, -0.1) is 0 Å². The second-order valence-corrected chi connectivity index (χ2v) is 7.82. The molecule has 0 aliphatic rings. The van der Waals surface area contributed by atoms with Crippen molar-refractivity contribution in [2.45, 2.75) is 32.9 Å². The Balaban J connectivity index is 1.37. The zero-order chi connectivity index (χ0) is 22.9. The van der Waals surface area contributed by atoms with E-state index in [0.29, 0.717) is 28.8 Å². The minimum atomic E-state index is -0.921. The molecule has 0 fully saturated rings. The maximum Gasteiger partial charge on any atom is 0.339 e. The van der Waals surface area contributed by atoms with E-state index in [1.807, 2.05) is 30.3 Å². The summed E-state index contributed by atoms with van der Waals surface area (Å²) in [6, 6.07) is 18.9. The van der Waals surface area contributed by atoms with Crippen molar-refractivity contribution in [2.75, 3.05) is 5.32 Å². The minimum Gasteiger partial charge on any atom is -0.449 e. The van der Waals surface area contributed by atoms with Crippen molar-refractivity contribution >= 4 is 50.5 Å². The van der Waals surface area contributed by atoms with Crippen molar-refractivity contribution in [2.24, 2.45) is 0 Å². The molecule has 5 rings (SSSR count). The number of nitrogens with zero attached hydrogens (tertiary/aromatic N) is 2. The quantitative estimate of drug-likeness (QED) is 0.350. The number of esters is 1. The van der Waals surface area contributed by atoms with Gasteiger partial charge in [-0.25, -0.2) is 9.78 Å². The molecule has 0 saturated carbocycles. The van der Waals surface area contributed by atoms with E-state index in [1.165, 1.54) is 6.39 Å². The van der Waals surface area contributed by atoms with Crippen molar-refractivity contribution < 1.29 is 18.7 Å². The predicted octanol–water partition coefficient (Wildman–Crippen LogP) is 5.53. The maximum atomic E-state index is 12.9. The van der Waals surface area contributed by atoms with Gasteiger partial charge >= 0.3 is 5.97 Å². The first kappa shape index (κ1) is 20.8. The number of benzene rings is 3. The first-order valence-corrected chi connectivity index (χ1v) is 10.9. The number of rotatable bonds is 6. The van der Waals surface area contributed by atoms with E-state index >= 15 is 0 Å². The molecule has 1 atom stereocenters. The SMILES string of the molecule is CCC(OC(=O)c1ccc2ncoc2c1)C(=O)Nc1ccc2c(c1)c1ccccc1n2CC. The van der Waals surface area contributed by atoms with Crippen molar-refractivity contribution in [1.29, 1.82) is 0 Å². The Hall–Kier alpha value is -4.13. The van der Waals surface area contributed by atoms with Gasteiger partial charge in [0.1, 0.15) is 5.52 Å². The van der Waals surface area contributed by atoms with Gasteiger partial charge in [0.15, 0.2) is 18.1 Å². The first-order chi connectivity index (χ1) is 16.1. The topological polar surface area (TPSA) is 86.4 Å². The van der Waals surface area contributed by atoms with E-state index in [2.05, 4.69) is 33.9 Å². The van der Waals surface area contributed by atoms with Gasteiger partial charge in [0.25, 0.3) is 5.91 Å². The van der Waals surface area contributed by atoms with E-state index < -0.39 is 12.1 Å². The van der Waals surface area contributed by atoms with Crippen molar-refractivity contribution in [3.8, 4) is 0 Å². The Bertz CT molecular complexity index is 1500. The molecule has 7 heteroatoms. The van der Waals surface area contributed by atoms with Crippen LogP contribution in [0.25, 0.3) is 32.9 Å². The lowest BCUT2D eigenvalue weighted by molar-refractivity contribution is -0.124. The van der Waals surface area contributed by atoms with Crippen molar-refractivity contribution in [3.05, 3.63) is 72.6 Å². The van der Waals surface area contributed by atoms with Gasteiger partial charge in [-0.2, -0.15) is 0 Å². The second-order valence-electron chi connectivity index (χ2n) is 7.82. The van der Waals surface area contributed by atoms with E-state index in [9.17, 15) is 9.59 Å². The van der Waals surface area contributed by atoms with Gasteiger partial charge < -0.3 is 19.0 Å². The first-order valence-electron chi connectivity index (χ1n) is 10.9. The summed E-state index contributed by atoms with van der Waals surface area (Å²) in [7, 11) is 0. The van der Waals surface area contributed by atoms with Crippen LogP contribution in [0.2, 0.25) is 0 Å². The molecule has 2 aromatic heterocycles. The van der Waals surface area contributed by atoms with E-state index in [-0.39, 0.29) is 5.91 Å². The van der Waals surface area contributed by atoms with Crippen LogP contribution in [0, 0.1) is 0 Å². The molecule has 1 N–H and O–H groups in total. The highest BCUT2D eigenvalue weighted by Crippen LogP contribution is 2.31. The Morgan fingerprint density at radius 1 is 1.03 bits per heavy atom. The summed E-state index contributed by atoms with van der Waals surface area (Å²) < 4.78 is 13.0. The normalized spacial score (nSPS) is 12.3. The zero-order valence-electron chi connectivity index (χ0n) is 18.4. The van der Waals surface area contributed by atoms with Crippen molar-refractivity contribution in [3.63, 3.8) is 0 Å². The Labute approximate surface area is 190 Å². The average Bonchev–Trinajstić information content (AvgIpc) is 3.43. The molecule has 1 amide bonds. The molecule has 7 nitrogen and oxygen atoms in total. The van der Waals surface area contributed by atoms with Crippen LogP contribution in [-0.4, -0.2) is 27.5 Å². The Morgan fingerprint density at radius 3 is 2.67 bits per heavy atom. The largest absolute Gasteiger partial charge is 0.449 e. The van der Waals surface area contributed by atoms with Crippen LogP contribution < -0.4 is 5.32 Å². The van der Waals surface area contributed by atoms with E-state index in [0.717, 1.165) is 28.4 Å². The zero-order valence-corrected chi connectivity index (χ0v) is 18.4. The molecule has 0 aliphatic carbocycles. The van der Waals surface area contributed by atoms with Crippen LogP contribution >= 0.6 is 0 Å². The number of ether oxygens (including phenoxy) is 1. The molecule has 0 spiro atoms. The molecule has 2 heterocycles. The molecular weight excluding hydrogens is 418 g/mol. The van der Waals surface area contributed by atoms with Crippen LogP contribution in [0.1, 0.15) is 30.6 Å². The average molecular weight is 441 g/mol. The van der Waals surface area contributed by atoms with Crippen LogP contribution in [0.3, 0.4) is 0 Å². The summed E-state index contributed by atoms with van der Waals surface area (Å²) in [6.45, 7) is 4.76. The lowest BCUT2D eigenvalue weighted by Crippen LogP contribution is -2.32. The predicted molar refractivity (Wildman–Crippen MR) is 127 cm³/mol. The number of anilines is 1. The number of nitrogens with one attached hydrogen (secondary N) is 1. The van der Waals surface area contributed by atoms with Gasteiger partial charge in [0.2, 0.25) is 0 Å². The van der Waals surface area contributed by atoms with Gasteiger partial charge in [-0.3, -0.25) is 4.79 Å². The molecule has 1 unspecified atom stereocenters. The number of aromatic nitrogens is 2. The van der Waals surface area contributed by atoms with E-state index in [1.54, 1.807) is 25.1 Å².